The molecule has 1 aromatic heterocycles. The van der Waals surface area contributed by atoms with Gasteiger partial charge in [0.2, 0.25) is 0 Å². The van der Waals surface area contributed by atoms with Crippen LogP contribution in [0.5, 0.6) is 0 Å². The zero-order valence-corrected chi connectivity index (χ0v) is 10.1. The van der Waals surface area contributed by atoms with Crippen LogP contribution < -0.4 is 0 Å². The third kappa shape index (κ3) is 2.69. The second-order valence-corrected chi connectivity index (χ2v) is 4.59. The summed E-state index contributed by atoms with van der Waals surface area (Å²) in [5.74, 6) is 0.0261. The van der Waals surface area contributed by atoms with E-state index in [9.17, 15) is 9.90 Å². The third-order valence-corrected chi connectivity index (χ3v) is 3.61. The van der Waals surface area contributed by atoms with Crippen LogP contribution in [-0.4, -0.2) is 28.6 Å². The van der Waals surface area contributed by atoms with Gasteiger partial charge < -0.3 is 9.52 Å². The van der Waals surface area contributed by atoms with Gasteiger partial charge in [0.15, 0.2) is 0 Å². The van der Waals surface area contributed by atoms with E-state index >= 15 is 0 Å². The van der Waals surface area contributed by atoms with Crippen molar-refractivity contribution in [3.63, 3.8) is 0 Å². The molecule has 1 aliphatic carbocycles. The Morgan fingerprint density at radius 2 is 2.41 bits per heavy atom. The molecule has 1 heterocycles. The molecule has 0 spiro atoms. The van der Waals surface area contributed by atoms with Gasteiger partial charge in [-0.05, 0) is 31.5 Å². The first-order valence-electron chi connectivity index (χ1n) is 6.21. The van der Waals surface area contributed by atoms with E-state index in [2.05, 4.69) is 11.8 Å². The second-order valence-electron chi connectivity index (χ2n) is 4.59. The van der Waals surface area contributed by atoms with E-state index < -0.39 is 5.97 Å². The molecule has 0 saturated heterocycles. The standard InChI is InChI=1S/C13H19NO3/c1-2-14(9-10-5-4-8-17-10)12-7-3-6-11(12)13(15)16/h4-5,8,11-12H,2-3,6-7,9H2,1H3,(H,15,16). The highest BCUT2D eigenvalue weighted by Gasteiger charge is 2.36. The summed E-state index contributed by atoms with van der Waals surface area (Å²) in [5, 5.41) is 9.20. The monoisotopic (exact) mass is 237 g/mol. The van der Waals surface area contributed by atoms with E-state index in [0.29, 0.717) is 6.54 Å². The first-order valence-corrected chi connectivity index (χ1v) is 6.21. The Labute approximate surface area is 101 Å². The fourth-order valence-electron chi connectivity index (χ4n) is 2.73. The lowest BCUT2D eigenvalue weighted by Crippen LogP contribution is -2.40. The van der Waals surface area contributed by atoms with Gasteiger partial charge in [-0.2, -0.15) is 0 Å². The van der Waals surface area contributed by atoms with Crippen molar-refractivity contribution in [2.45, 2.75) is 38.8 Å². The summed E-state index contributed by atoms with van der Waals surface area (Å²) in [6.07, 6.45) is 4.45. The van der Waals surface area contributed by atoms with Crippen molar-refractivity contribution < 1.29 is 14.3 Å². The number of nitrogens with zero attached hydrogens (tertiary/aromatic N) is 1. The lowest BCUT2D eigenvalue weighted by atomic mass is 10.0. The minimum Gasteiger partial charge on any atom is -0.481 e. The number of carboxylic acid groups (broad SMARTS) is 1. The van der Waals surface area contributed by atoms with Crippen molar-refractivity contribution in [3.8, 4) is 0 Å². The maximum atomic E-state index is 11.2. The normalized spacial score (nSPS) is 24.4. The molecule has 1 saturated carbocycles. The molecule has 17 heavy (non-hydrogen) atoms. The van der Waals surface area contributed by atoms with E-state index in [4.69, 9.17) is 4.42 Å². The van der Waals surface area contributed by atoms with Gasteiger partial charge in [0.1, 0.15) is 5.76 Å². The molecule has 1 N–H and O–H groups in total. The molecule has 4 nitrogen and oxygen atoms in total. The summed E-state index contributed by atoms with van der Waals surface area (Å²) >= 11 is 0. The van der Waals surface area contributed by atoms with Gasteiger partial charge in [0, 0.05) is 6.04 Å². The van der Waals surface area contributed by atoms with Crippen LogP contribution in [0.4, 0.5) is 0 Å². The Morgan fingerprint density at radius 1 is 1.59 bits per heavy atom. The molecule has 0 aromatic carbocycles. The molecule has 0 bridgehead atoms. The SMILES string of the molecule is CCN(Cc1ccco1)C1CCCC1C(=O)O. The molecule has 0 radical (unpaired) electrons. The van der Waals surface area contributed by atoms with Crippen LogP contribution in [0, 0.1) is 5.92 Å². The minimum absolute atomic E-state index is 0.155. The van der Waals surface area contributed by atoms with Gasteiger partial charge >= 0.3 is 5.97 Å². The molecular formula is C13H19NO3. The Morgan fingerprint density at radius 3 is 3.00 bits per heavy atom. The van der Waals surface area contributed by atoms with Crippen molar-refractivity contribution in [2.75, 3.05) is 6.54 Å². The van der Waals surface area contributed by atoms with E-state index in [-0.39, 0.29) is 12.0 Å². The zero-order valence-electron chi connectivity index (χ0n) is 10.1. The van der Waals surface area contributed by atoms with Gasteiger partial charge in [-0.15, -0.1) is 0 Å². The minimum atomic E-state index is -0.662. The first kappa shape index (κ1) is 12.2. The van der Waals surface area contributed by atoms with Crippen LogP contribution in [0.25, 0.3) is 0 Å². The summed E-state index contributed by atoms with van der Waals surface area (Å²) in [6, 6.07) is 3.96. The molecule has 94 valence electrons. The molecule has 1 aliphatic rings. The molecule has 2 atom stereocenters. The van der Waals surface area contributed by atoms with Gasteiger partial charge in [-0.25, -0.2) is 0 Å². The van der Waals surface area contributed by atoms with Crippen molar-refractivity contribution in [3.05, 3.63) is 24.2 Å². The highest BCUT2D eigenvalue weighted by atomic mass is 16.4. The van der Waals surface area contributed by atoms with E-state index in [1.54, 1.807) is 6.26 Å². The van der Waals surface area contributed by atoms with Crippen LogP contribution in [0.3, 0.4) is 0 Å². The van der Waals surface area contributed by atoms with Crippen LogP contribution in [0.2, 0.25) is 0 Å². The molecule has 1 fully saturated rings. The highest BCUT2D eigenvalue weighted by Crippen LogP contribution is 2.31. The number of hydrogen-bond acceptors (Lipinski definition) is 3. The molecule has 2 rings (SSSR count). The van der Waals surface area contributed by atoms with Gasteiger partial charge in [0.05, 0.1) is 18.7 Å². The number of rotatable bonds is 5. The first-order chi connectivity index (χ1) is 8.22. The molecule has 4 heteroatoms. The summed E-state index contributed by atoms with van der Waals surface area (Å²) < 4.78 is 5.33. The van der Waals surface area contributed by atoms with Gasteiger partial charge in [0.25, 0.3) is 0 Å². The lowest BCUT2D eigenvalue weighted by molar-refractivity contribution is -0.143. The van der Waals surface area contributed by atoms with E-state index in [1.165, 1.54) is 0 Å². The maximum absolute atomic E-state index is 11.2. The van der Waals surface area contributed by atoms with Crippen molar-refractivity contribution >= 4 is 5.97 Å². The molecule has 0 amide bonds. The number of furan rings is 1. The highest BCUT2D eigenvalue weighted by molar-refractivity contribution is 5.71. The van der Waals surface area contributed by atoms with Gasteiger partial charge in [-0.1, -0.05) is 13.3 Å². The van der Waals surface area contributed by atoms with Crippen LogP contribution in [0.1, 0.15) is 31.9 Å². The smallest absolute Gasteiger partial charge is 0.308 e. The Balaban J connectivity index is 2.04. The maximum Gasteiger partial charge on any atom is 0.308 e. The fraction of sp³-hybridized carbons (Fsp3) is 0.615. The van der Waals surface area contributed by atoms with Gasteiger partial charge in [-0.3, -0.25) is 9.69 Å². The number of hydrogen-bond donors (Lipinski definition) is 1. The van der Waals surface area contributed by atoms with Crippen LogP contribution in [0.15, 0.2) is 22.8 Å². The predicted octanol–water partition coefficient (Wildman–Crippen LogP) is 2.35. The lowest BCUT2D eigenvalue weighted by Gasteiger charge is -2.29. The molecule has 1 aromatic rings. The van der Waals surface area contributed by atoms with Crippen molar-refractivity contribution in [2.24, 2.45) is 5.92 Å². The Bertz CT molecular complexity index is 361. The van der Waals surface area contributed by atoms with E-state index in [1.807, 2.05) is 12.1 Å². The molecule has 2 unspecified atom stereocenters. The summed E-state index contributed by atoms with van der Waals surface area (Å²) in [7, 11) is 0. The second kappa shape index (κ2) is 5.36. The average molecular weight is 237 g/mol. The quantitative estimate of drug-likeness (QED) is 0.854. The van der Waals surface area contributed by atoms with Crippen LogP contribution >= 0.6 is 0 Å². The summed E-state index contributed by atoms with van der Waals surface area (Å²) in [6.45, 7) is 3.63. The van der Waals surface area contributed by atoms with Crippen molar-refractivity contribution in [1.82, 2.24) is 4.90 Å². The Hall–Kier alpha value is -1.29. The number of carboxylic acids is 1. The molecule has 0 aliphatic heterocycles. The van der Waals surface area contributed by atoms with Crippen LogP contribution in [-0.2, 0) is 11.3 Å². The number of carbonyl (C=O) groups is 1. The Kier molecular flexibility index (Phi) is 3.84. The number of aliphatic carboxylic acids is 1. The van der Waals surface area contributed by atoms with E-state index in [0.717, 1.165) is 31.6 Å². The topological polar surface area (TPSA) is 53.7 Å². The summed E-state index contributed by atoms with van der Waals surface area (Å²) in [4.78, 5) is 13.4. The average Bonchev–Trinajstić information content (AvgIpc) is 2.96. The fourth-order valence-corrected chi connectivity index (χ4v) is 2.73. The molecular weight excluding hydrogens is 218 g/mol. The summed E-state index contributed by atoms with van der Waals surface area (Å²) in [5.41, 5.74) is 0. The predicted molar refractivity (Wildman–Crippen MR) is 63.6 cm³/mol. The van der Waals surface area contributed by atoms with Crippen molar-refractivity contribution in [1.29, 1.82) is 0 Å². The zero-order chi connectivity index (χ0) is 12.3. The largest absolute Gasteiger partial charge is 0.481 e. The third-order valence-electron chi connectivity index (χ3n) is 3.61.